The molecular formula is C11H7BrClNO2. The van der Waals surface area contributed by atoms with E-state index in [0.29, 0.717) is 16.5 Å². The third kappa shape index (κ3) is 2.28. The van der Waals surface area contributed by atoms with E-state index < -0.39 is 0 Å². The highest BCUT2D eigenvalue weighted by molar-refractivity contribution is 9.10. The van der Waals surface area contributed by atoms with Crippen molar-refractivity contribution in [3.63, 3.8) is 0 Å². The van der Waals surface area contributed by atoms with Crippen LogP contribution in [0.2, 0.25) is 5.02 Å². The van der Waals surface area contributed by atoms with Gasteiger partial charge in [-0.3, -0.25) is 0 Å². The topological polar surface area (TPSA) is 45.7 Å². The van der Waals surface area contributed by atoms with Gasteiger partial charge in [-0.25, -0.2) is 0 Å². The largest absolute Gasteiger partial charge is 0.455 e. The normalized spacial score (nSPS) is 11.1. The molecule has 0 radical (unpaired) electrons. The van der Waals surface area contributed by atoms with Crippen molar-refractivity contribution in [3.8, 4) is 11.3 Å². The SMILES string of the molecule is O/N=C/c1ccc(-c2ccc(Br)c(Cl)c2)o1. The number of hydrogen-bond donors (Lipinski definition) is 1. The van der Waals surface area contributed by atoms with Gasteiger partial charge in [0, 0.05) is 10.0 Å². The van der Waals surface area contributed by atoms with Gasteiger partial charge in [-0.2, -0.15) is 0 Å². The fourth-order valence-corrected chi connectivity index (χ4v) is 1.71. The summed E-state index contributed by atoms with van der Waals surface area (Å²) in [5.41, 5.74) is 0.866. The highest BCUT2D eigenvalue weighted by Crippen LogP contribution is 2.29. The Morgan fingerprint density at radius 2 is 2.12 bits per heavy atom. The molecule has 0 bridgehead atoms. The predicted octanol–water partition coefficient (Wildman–Crippen LogP) is 4.17. The molecule has 1 heterocycles. The molecule has 0 saturated carbocycles. The monoisotopic (exact) mass is 299 g/mol. The van der Waals surface area contributed by atoms with Crippen LogP contribution in [0.3, 0.4) is 0 Å². The zero-order valence-corrected chi connectivity index (χ0v) is 10.4. The van der Waals surface area contributed by atoms with Crippen LogP contribution in [-0.4, -0.2) is 11.4 Å². The van der Waals surface area contributed by atoms with Crippen molar-refractivity contribution in [2.45, 2.75) is 0 Å². The van der Waals surface area contributed by atoms with Gasteiger partial charge in [0.2, 0.25) is 0 Å². The predicted molar refractivity (Wildman–Crippen MR) is 66.2 cm³/mol. The maximum absolute atomic E-state index is 8.36. The first kappa shape index (κ1) is 11.2. The molecule has 2 rings (SSSR count). The lowest BCUT2D eigenvalue weighted by Gasteiger charge is -1.99. The van der Waals surface area contributed by atoms with Gasteiger partial charge in [0.25, 0.3) is 0 Å². The fourth-order valence-electron chi connectivity index (χ4n) is 1.28. The number of furan rings is 1. The van der Waals surface area contributed by atoms with Gasteiger partial charge in [-0.05, 0) is 40.2 Å². The van der Waals surface area contributed by atoms with E-state index >= 15 is 0 Å². The lowest BCUT2D eigenvalue weighted by molar-refractivity contribution is 0.321. The molecule has 1 aromatic carbocycles. The van der Waals surface area contributed by atoms with Crippen LogP contribution in [0, 0.1) is 0 Å². The van der Waals surface area contributed by atoms with Gasteiger partial charge in [-0.1, -0.05) is 22.8 Å². The van der Waals surface area contributed by atoms with Gasteiger partial charge < -0.3 is 9.62 Å². The number of oxime groups is 1. The minimum absolute atomic E-state index is 0.483. The molecule has 1 aromatic heterocycles. The third-order valence-electron chi connectivity index (χ3n) is 2.02. The van der Waals surface area contributed by atoms with Crippen LogP contribution >= 0.6 is 27.5 Å². The maximum Gasteiger partial charge on any atom is 0.149 e. The Balaban J connectivity index is 2.38. The lowest BCUT2D eigenvalue weighted by atomic mass is 10.2. The summed E-state index contributed by atoms with van der Waals surface area (Å²) in [6, 6.07) is 9.03. The van der Waals surface area contributed by atoms with Crippen LogP contribution in [-0.2, 0) is 0 Å². The lowest BCUT2D eigenvalue weighted by Crippen LogP contribution is -1.76. The molecule has 0 saturated heterocycles. The van der Waals surface area contributed by atoms with Crippen molar-refractivity contribution in [1.82, 2.24) is 0 Å². The summed E-state index contributed by atoms with van der Waals surface area (Å²) in [4.78, 5) is 0. The van der Waals surface area contributed by atoms with E-state index in [1.165, 1.54) is 6.21 Å². The second-order valence-electron chi connectivity index (χ2n) is 3.08. The summed E-state index contributed by atoms with van der Waals surface area (Å²) in [7, 11) is 0. The zero-order valence-electron chi connectivity index (χ0n) is 8.02. The molecule has 0 spiro atoms. The summed E-state index contributed by atoms with van der Waals surface area (Å²) in [6.45, 7) is 0. The molecule has 16 heavy (non-hydrogen) atoms. The van der Waals surface area contributed by atoms with Crippen molar-refractivity contribution >= 4 is 33.7 Å². The van der Waals surface area contributed by atoms with E-state index in [9.17, 15) is 0 Å². The molecule has 82 valence electrons. The Morgan fingerprint density at radius 1 is 1.31 bits per heavy atom. The van der Waals surface area contributed by atoms with E-state index in [-0.39, 0.29) is 0 Å². The molecule has 3 nitrogen and oxygen atoms in total. The molecule has 0 aliphatic rings. The van der Waals surface area contributed by atoms with Crippen LogP contribution in [0.5, 0.6) is 0 Å². The quantitative estimate of drug-likeness (QED) is 0.514. The number of rotatable bonds is 2. The maximum atomic E-state index is 8.36. The summed E-state index contributed by atoms with van der Waals surface area (Å²) < 4.78 is 6.26. The van der Waals surface area contributed by atoms with E-state index in [1.54, 1.807) is 18.2 Å². The Hall–Kier alpha value is -1.26. The Bertz CT molecular complexity index is 537. The van der Waals surface area contributed by atoms with E-state index in [1.807, 2.05) is 12.1 Å². The van der Waals surface area contributed by atoms with Crippen molar-refractivity contribution < 1.29 is 9.62 Å². The van der Waals surface area contributed by atoms with Crippen LogP contribution in [0.25, 0.3) is 11.3 Å². The molecule has 0 aliphatic heterocycles. The van der Waals surface area contributed by atoms with Crippen LogP contribution in [0.1, 0.15) is 5.76 Å². The minimum Gasteiger partial charge on any atom is -0.455 e. The van der Waals surface area contributed by atoms with E-state index in [0.717, 1.165) is 10.0 Å². The second-order valence-corrected chi connectivity index (χ2v) is 4.34. The third-order valence-corrected chi connectivity index (χ3v) is 3.25. The summed E-state index contributed by atoms with van der Waals surface area (Å²) in [5.74, 6) is 1.15. The molecular weight excluding hydrogens is 293 g/mol. The molecule has 0 atom stereocenters. The summed E-state index contributed by atoms with van der Waals surface area (Å²) in [6.07, 6.45) is 1.23. The molecule has 5 heteroatoms. The van der Waals surface area contributed by atoms with E-state index in [2.05, 4.69) is 21.1 Å². The number of hydrogen-bond acceptors (Lipinski definition) is 3. The number of nitrogens with zero attached hydrogens (tertiary/aromatic N) is 1. The molecule has 1 N–H and O–H groups in total. The Labute approximate surface area is 105 Å². The summed E-state index contributed by atoms with van der Waals surface area (Å²) >= 11 is 9.29. The molecule has 0 fully saturated rings. The number of benzene rings is 1. The van der Waals surface area contributed by atoms with Gasteiger partial charge in [0.05, 0.1) is 5.02 Å². The van der Waals surface area contributed by atoms with Gasteiger partial charge in [0.1, 0.15) is 17.7 Å². The average Bonchev–Trinajstić information content (AvgIpc) is 2.71. The zero-order chi connectivity index (χ0) is 11.5. The Kier molecular flexibility index (Phi) is 3.31. The standard InChI is InChI=1S/C11H7BrClNO2/c12-9-3-1-7(5-10(9)13)11-4-2-8(16-11)6-14-15/h1-6,15H/b14-6+. The Morgan fingerprint density at radius 3 is 2.81 bits per heavy atom. The first-order valence-corrected chi connectivity index (χ1v) is 5.60. The van der Waals surface area contributed by atoms with Gasteiger partial charge in [0.15, 0.2) is 0 Å². The fraction of sp³-hybridized carbons (Fsp3) is 0. The molecule has 2 aromatic rings. The van der Waals surface area contributed by atoms with Crippen LogP contribution in [0.15, 0.2) is 44.4 Å². The highest BCUT2D eigenvalue weighted by atomic mass is 79.9. The van der Waals surface area contributed by atoms with Crippen molar-refractivity contribution in [2.75, 3.05) is 0 Å². The van der Waals surface area contributed by atoms with Crippen molar-refractivity contribution in [2.24, 2.45) is 5.16 Å². The molecule has 0 aliphatic carbocycles. The highest BCUT2D eigenvalue weighted by Gasteiger charge is 2.05. The molecule has 0 amide bonds. The van der Waals surface area contributed by atoms with Crippen LogP contribution in [0.4, 0.5) is 0 Å². The number of halogens is 2. The van der Waals surface area contributed by atoms with Gasteiger partial charge in [-0.15, -0.1) is 0 Å². The van der Waals surface area contributed by atoms with Crippen molar-refractivity contribution in [3.05, 3.63) is 45.6 Å². The smallest absolute Gasteiger partial charge is 0.149 e. The van der Waals surface area contributed by atoms with Crippen LogP contribution < -0.4 is 0 Å². The molecule has 0 unspecified atom stereocenters. The minimum atomic E-state index is 0.483. The average molecular weight is 301 g/mol. The summed E-state index contributed by atoms with van der Waals surface area (Å²) in [5, 5.41) is 11.9. The van der Waals surface area contributed by atoms with Crippen molar-refractivity contribution in [1.29, 1.82) is 0 Å². The van der Waals surface area contributed by atoms with Gasteiger partial charge >= 0.3 is 0 Å². The second kappa shape index (κ2) is 4.72. The first-order valence-electron chi connectivity index (χ1n) is 4.43. The first-order chi connectivity index (χ1) is 7.70. The van der Waals surface area contributed by atoms with E-state index in [4.69, 9.17) is 21.2 Å².